The summed E-state index contributed by atoms with van der Waals surface area (Å²) in [4.78, 5) is 4.62. The minimum absolute atomic E-state index is 0.0599. The van der Waals surface area contributed by atoms with Crippen molar-refractivity contribution >= 4 is 0 Å². The Balaban J connectivity index is 2.07. The van der Waals surface area contributed by atoms with E-state index in [0.717, 1.165) is 43.3 Å². The second-order valence-electron chi connectivity index (χ2n) is 6.62. The van der Waals surface area contributed by atoms with E-state index < -0.39 is 0 Å². The molecule has 0 aliphatic heterocycles. The van der Waals surface area contributed by atoms with Crippen LogP contribution in [0.3, 0.4) is 0 Å². The number of hydrogen-bond acceptors (Lipinski definition) is 4. The van der Waals surface area contributed by atoms with Gasteiger partial charge in [-0.25, -0.2) is 0 Å². The zero-order chi connectivity index (χ0) is 13.9. The third-order valence-corrected chi connectivity index (χ3v) is 4.49. The summed E-state index contributed by atoms with van der Waals surface area (Å²) in [5.41, 5.74) is 5.96. The maximum Gasteiger partial charge on any atom is 0.234 e. The molecule has 0 spiro atoms. The third-order valence-electron chi connectivity index (χ3n) is 4.49. The van der Waals surface area contributed by atoms with Gasteiger partial charge in [0.15, 0.2) is 5.82 Å². The lowest BCUT2D eigenvalue weighted by atomic mass is 9.71. The molecule has 0 unspecified atom stereocenters. The van der Waals surface area contributed by atoms with Crippen LogP contribution in [-0.4, -0.2) is 16.7 Å². The van der Waals surface area contributed by atoms with Gasteiger partial charge in [0, 0.05) is 13.0 Å². The Morgan fingerprint density at radius 2 is 2.05 bits per heavy atom. The van der Waals surface area contributed by atoms with Crippen LogP contribution in [-0.2, 0) is 11.8 Å². The van der Waals surface area contributed by atoms with Crippen molar-refractivity contribution < 1.29 is 4.52 Å². The first-order valence-corrected chi connectivity index (χ1v) is 7.59. The molecule has 0 atom stereocenters. The van der Waals surface area contributed by atoms with Crippen LogP contribution in [0, 0.1) is 11.8 Å². The fourth-order valence-electron chi connectivity index (χ4n) is 2.81. The van der Waals surface area contributed by atoms with Crippen molar-refractivity contribution in [2.24, 2.45) is 17.6 Å². The van der Waals surface area contributed by atoms with Crippen LogP contribution in [0.4, 0.5) is 0 Å². The van der Waals surface area contributed by atoms with Crippen LogP contribution in [0.2, 0.25) is 0 Å². The standard InChI is InChI=1S/C15H27N3O/c1-11(2)4-5-13-17-14(19-18-13)15(10-16)8-6-12(3)7-9-15/h11-12H,4-10,16H2,1-3H3. The van der Waals surface area contributed by atoms with E-state index in [1.165, 1.54) is 12.8 Å². The van der Waals surface area contributed by atoms with Gasteiger partial charge in [0.05, 0.1) is 5.41 Å². The summed E-state index contributed by atoms with van der Waals surface area (Å²) in [7, 11) is 0. The highest BCUT2D eigenvalue weighted by Gasteiger charge is 2.39. The molecule has 4 heteroatoms. The van der Waals surface area contributed by atoms with Crippen molar-refractivity contribution in [3.8, 4) is 0 Å². The summed E-state index contributed by atoms with van der Waals surface area (Å²) in [6.45, 7) is 7.35. The predicted molar refractivity (Wildman–Crippen MR) is 75.8 cm³/mol. The van der Waals surface area contributed by atoms with Gasteiger partial charge >= 0.3 is 0 Å². The molecule has 1 aliphatic carbocycles. The average molecular weight is 265 g/mol. The highest BCUT2D eigenvalue weighted by Crippen LogP contribution is 2.40. The fourth-order valence-corrected chi connectivity index (χ4v) is 2.81. The van der Waals surface area contributed by atoms with Crippen molar-refractivity contribution in [3.05, 3.63) is 11.7 Å². The first-order chi connectivity index (χ1) is 9.05. The lowest BCUT2D eigenvalue weighted by molar-refractivity contribution is 0.191. The molecule has 1 saturated carbocycles. The first kappa shape index (κ1) is 14.5. The Morgan fingerprint density at radius 3 is 2.63 bits per heavy atom. The van der Waals surface area contributed by atoms with Gasteiger partial charge in [-0.1, -0.05) is 25.9 Å². The van der Waals surface area contributed by atoms with Gasteiger partial charge < -0.3 is 10.3 Å². The lowest BCUT2D eigenvalue weighted by Gasteiger charge is -2.35. The lowest BCUT2D eigenvalue weighted by Crippen LogP contribution is -2.39. The summed E-state index contributed by atoms with van der Waals surface area (Å²) in [6, 6.07) is 0. The molecular formula is C15H27N3O. The number of rotatable bonds is 5. The van der Waals surface area contributed by atoms with Crippen molar-refractivity contribution in [1.82, 2.24) is 10.1 Å². The minimum Gasteiger partial charge on any atom is -0.339 e. The Bertz CT molecular complexity index is 392. The van der Waals surface area contributed by atoms with Crippen LogP contribution in [0.5, 0.6) is 0 Å². The molecule has 19 heavy (non-hydrogen) atoms. The Kier molecular flexibility index (Phi) is 4.61. The van der Waals surface area contributed by atoms with Crippen LogP contribution in [0.15, 0.2) is 4.52 Å². The molecule has 0 bridgehead atoms. The highest BCUT2D eigenvalue weighted by molar-refractivity contribution is 5.08. The average Bonchev–Trinajstić information content (AvgIpc) is 2.87. The second kappa shape index (κ2) is 6.04. The molecule has 2 N–H and O–H groups in total. The van der Waals surface area contributed by atoms with Gasteiger partial charge in [-0.2, -0.15) is 4.98 Å². The molecule has 2 rings (SSSR count). The van der Waals surface area contributed by atoms with Gasteiger partial charge in [0.1, 0.15) is 0 Å². The van der Waals surface area contributed by atoms with Crippen molar-refractivity contribution in [1.29, 1.82) is 0 Å². The minimum atomic E-state index is -0.0599. The quantitative estimate of drug-likeness (QED) is 0.888. The summed E-state index contributed by atoms with van der Waals surface area (Å²) >= 11 is 0. The molecule has 1 aromatic rings. The van der Waals surface area contributed by atoms with E-state index in [0.29, 0.717) is 12.5 Å². The second-order valence-corrected chi connectivity index (χ2v) is 6.62. The van der Waals surface area contributed by atoms with Crippen molar-refractivity contribution in [2.45, 2.75) is 64.7 Å². The molecule has 0 saturated heterocycles. The van der Waals surface area contributed by atoms with E-state index in [2.05, 4.69) is 30.9 Å². The normalized spacial score (nSPS) is 27.9. The molecule has 1 aliphatic rings. The van der Waals surface area contributed by atoms with Gasteiger partial charge in [0.25, 0.3) is 0 Å². The highest BCUT2D eigenvalue weighted by atomic mass is 16.5. The Labute approximate surface area is 116 Å². The Hall–Kier alpha value is -0.900. The zero-order valence-corrected chi connectivity index (χ0v) is 12.5. The molecule has 0 amide bonds. The molecule has 108 valence electrons. The van der Waals surface area contributed by atoms with Crippen LogP contribution >= 0.6 is 0 Å². The molecule has 0 radical (unpaired) electrons. The predicted octanol–water partition coefficient (Wildman–Crippen LogP) is 3.06. The van der Waals surface area contributed by atoms with E-state index in [9.17, 15) is 0 Å². The third kappa shape index (κ3) is 3.35. The fraction of sp³-hybridized carbons (Fsp3) is 0.867. The first-order valence-electron chi connectivity index (χ1n) is 7.59. The largest absolute Gasteiger partial charge is 0.339 e. The molecule has 1 heterocycles. The smallest absolute Gasteiger partial charge is 0.234 e. The molecule has 1 fully saturated rings. The number of nitrogens with two attached hydrogens (primary N) is 1. The zero-order valence-electron chi connectivity index (χ0n) is 12.5. The maximum absolute atomic E-state index is 6.02. The maximum atomic E-state index is 6.02. The van der Waals surface area contributed by atoms with Gasteiger partial charge in [-0.3, -0.25) is 0 Å². The van der Waals surface area contributed by atoms with Gasteiger partial charge in [-0.15, -0.1) is 0 Å². The molecular weight excluding hydrogens is 238 g/mol. The Morgan fingerprint density at radius 1 is 1.37 bits per heavy atom. The van der Waals surface area contributed by atoms with Crippen LogP contribution in [0.25, 0.3) is 0 Å². The number of aryl methyl sites for hydroxylation is 1. The molecule has 1 aromatic heterocycles. The summed E-state index contributed by atoms with van der Waals surface area (Å²) in [5, 5.41) is 4.13. The van der Waals surface area contributed by atoms with Crippen LogP contribution < -0.4 is 5.73 Å². The van der Waals surface area contributed by atoms with E-state index in [4.69, 9.17) is 10.3 Å². The van der Waals surface area contributed by atoms with E-state index >= 15 is 0 Å². The topological polar surface area (TPSA) is 64.9 Å². The van der Waals surface area contributed by atoms with E-state index in [-0.39, 0.29) is 5.41 Å². The summed E-state index contributed by atoms with van der Waals surface area (Å²) < 4.78 is 5.52. The molecule has 0 aromatic carbocycles. The van der Waals surface area contributed by atoms with Crippen molar-refractivity contribution in [2.75, 3.05) is 6.54 Å². The number of aromatic nitrogens is 2. The number of nitrogens with zero attached hydrogens (tertiary/aromatic N) is 2. The van der Waals surface area contributed by atoms with E-state index in [1.807, 2.05) is 0 Å². The summed E-state index contributed by atoms with van der Waals surface area (Å²) in [5.74, 6) is 3.08. The molecule has 4 nitrogen and oxygen atoms in total. The van der Waals surface area contributed by atoms with E-state index in [1.54, 1.807) is 0 Å². The van der Waals surface area contributed by atoms with Crippen molar-refractivity contribution in [3.63, 3.8) is 0 Å². The van der Waals surface area contributed by atoms with Crippen LogP contribution in [0.1, 0.15) is 64.6 Å². The SMILES string of the molecule is CC(C)CCc1noc(C2(CN)CCC(C)CC2)n1. The number of hydrogen-bond donors (Lipinski definition) is 1. The summed E-state index contributed by atoms with van der Waals surface area (Å²) in [6.07, 6.45) is 6.58. The van der Waals surface area contributed by atoms with Gasteiger partial charge in [0.2, 0.25) is 5.89 Å². The van der Waals surface area contributed by atoms with Gasteiger partial charge in [-0.05, 0) is 43.9 Å². The monoisotopic (exact) mass is 265 g/mol.